The van der Waals surface area contributed by atoms with Crippen LogP contribution < -0.4 is 5.32 Å². The van der Waals surface area contributed by atoms with E-state index in [1.165, 1.54) is 17.3 Å². The molecule has 0 spiro atoms. The Morgan fingerprint density at radius 1 is 1.32 bits per heavy atom. The third-order valence-corrected chi connectivity index (χ3v) is 3.70. The molecule has 0 saturated heterocycles. The molecule has 0 aliphatic heterocycles. The smallest absolute Gasteiger partial charge is 0.230 e. The predicted octanol–water partition coefficient (Wildman–Crippen LogP) is 2.57. The van der Waals surface area contributed by atoms with Gasteiger partial charge < -0.3 is 10.4 Å². The van der Waals surface area contributed by atoms with Crippen molar-refractivity contribution in [1.82, 2.24) is 5.32 Å². The topological polar surface area (TPSA) is 49.3 Å². The van der Waals surface area contributed by atoms with Crippen molar-refractivity contribution < 1.29 is 9.90 Å². The van der Waals surface area contributed by atoms with E-state index in [1.807, 2.05) is 12.1 Å². The fourth-order valence-corrected chi connectivity index (χ4v) is 2.24. The Morgan fingerprint density at radius 3 is 2.37 bits per heavy atom. The van der Waals surface area contributed by atoms with E-state index in [0.29, 0.717) is 12.3 Å². The molecule has 0 aliphatic rings. The van der Waals surface area contributed by atoms with Crippen molar-refractivity contribution in [1.29, 1.82) is 0 Å². The number of thioether (sulfide) groups is 1. The molecule has 0 bridgehead atoms. The zero-order chi connectivity index (χ0) is 14.5. The van der Waals surface area contributed by atoms with Gasteiger partial charge in [0.05, 0.1) is 11.9 Å². The maximum absolute atomic E-state index is 11.5. The first-order valence-electron chi connectivity index (χ1n) is 6.47. The molecular formula is C15H23NO2S. The molecule has 1 rings (SSSR count). The minimum Gasteiger partial charge on any atom is -0.392 e. The number of carbonyl (C=O) groups is 1. The van der Waals surface area contributed by atoms with E-state index in [2.05, 4.69) is 38.2 Å². The average Bonchev–Trinajstić information content (AvgIpc) is 2.33. The summed E-state index contributed by atoms with van der Waals surface area (Å²) >= 11 is 1.51. The predicted molar refractivity (Wildman–Crippen MR) is 80.6 cm³/mol. The number of amides is 1. The Morgan fingerprint density at radius 2 is 1.89 bits per heavy atom. The van der Waals surface area contributed by atoms with Gasteiger partial charge in [-0.25, -0.2) is 0 Å². The summed E-state index contributed by atoms with van der Waals surface area (Å²) in [7, 11) is 0. The van der Waals surface area contributed by atoms with Crippen LogP contribution in [0.5, 0.6) is 0 Å². The summed E-state index contributed by atoms with van der Waals surface area (Å²) in [5, 5.41) is 11.7. The van der Waals surface area contributed by atoms with Crippen LogP contribution >= 0.6 is 11.8 Å². The second kappa shape index (κ2) is 6.96. The van der Waals surface area contributed by atoms with Crippen LogP contribution in [-0.2, 0) is 10.2 Å². The van der Waals surface area contributed by atoms with Gasteiger partial charge in [0.1, 0.15) is 0 Å². The summed E-state index contributed by atoms with van der Waals surface area (Å²) < 4.78 is 0. The Hall–Kier alpha value is -1.00. The highest BCUT2D eigenvalue weighted by Crippen LogP contribution is 2.25. The van der Waals surface area contributed by atoms with Gasteiger partial charge in [-0.05, 0) is 30.0 Å². The SMILES string of the molecule is CC(O)CNC(=O)CSc1ccc(C(C)(C)C)cc1. The van der Waals surface area contributed by atoms with Crippen molar-refractivity contribution in [2.24, 2.45) is 0 Å². The van der Waals surface area contributed by atoms with Gasteiger partial charge in [-0.1, -0.05) is 32.9 Å². The normalized spacial score (nSPS) is 13.1. The summed E-state index contributed by atoms with van der Waals surface area (Å²) in [6, 6.07) is 8.31. The number of hydrogen-bond donors (Lipinski definition) is 2. The van der Waals surface area contributed by atoms with E-state index >= 15 is 0 Å². The first-order chi connectivity index (χ1) is 8.79. The summed E-state index contributed by atoms with van der Waals surface area (Å²) in [4.78, 5) is 12.6. The van der Waals surface area contributed by atoms with Crippen molar-refractivity contribution in [3.05, 3.63) is 29.8 Å². The van der Waals surface area contributed by atoms with E-state index < -0.39 is 6.10 Å². The molecule has 1 aromatic carbocycles. The van der Waals surface area contributed by atoms with E-state index in [4.69, 9.17) is 5.11 Å². The van der Waals surface area contributed by atoms with E-state index in [1.54, 1.807) is 6.92 Å². The summed E-state index contributed by atoms with van der Waals surface area (Å²) in [6.07, 6.45) is -0.500. The van der Waals surface area contributed by atoms with Crippen molar-refractivity contribution in [2.45, 2.75) is 44.1 Å². The molecule has 1 amide bonds. The molecule has 1 atom stereocenters. The first-order valence-corrected chi connectivity index (χ1v) is 7.45. The maximum Gasteiger partial charge on any atom is 0.230 e. The number of benzene rings is 1. The molecule has 0 aliphatic carbocycles. The zero-order valence-corrected chi connectivity index (χ0v) is 12.9. The second-order valence-electron chi connectivity index (χ2n) is 5.72. The van der Waals surface area contributed by atoms with Crippen molar-refractivity contribution in [3.8, 4) is 0 Å². The molecule has 4 heteroatoms. The molecule has 106 valence electrons. The number of nitrogens with one attached hydrogen (secondary N) is 1. The van der Waals surface area contributed by atoms with Crippen LogP contribution in [0.3, 0.4) is 0 Å². The second-order valence-corrected chi connectivity index (χ2v) is 6.76. The quantitative estimate of drug-likeness (QED) is 0.816. The van der Waals surface area contributed by atoms with Crippen LogP contribution in [0, 0.1) is 0 Å². The number of aliphatic hydroxyl groups excluding tert-OH is 1. The number of carbonyl (C=O) groups excluding carboxylic acids is 1. The van der Waals surface area contributed by atoms with Crippen LogP contribution in [0.2, 0.25) is 0 Å². The van der Waals surface area contributed by atoms with Crippen LogP contribution in [0.25, 0.3) is 0 Å². The molecular weight excluding hydrogens is 258 g/mol. The number of hydrogen-bond acceptors (Lipinski definition) is 3. The lowest BCUT2D eigenvalue weighted by molar-refractivity contribution is -0.118. The molecule has 2 N–H and O–H groups in total. The monoisotopic (exact) mass is 281 g/mol. The third-order valence-electron chi connectivity index (χ3n) is 2.68. The maximum atomic E-state index is 11.5. The van der Waals surface area contributed by atoms with Crippen LogP contribution in [-0.4, -0.2) is 29.4 Å². The van der Waals surface area contributed by atoms with Gasteiger partial charge in [0, 0.05) is 11.4 Å². The molecule has 0 saturated carbocycles. The summed E-state index contributed by atoms with van der Waals surface area (Å²) in [5.41, 5.74) is 1.44. The van der Waals surface area contributed by atoms with Gasteiger partial charge >= 0.3 is 0 Å². The molecule has 0 radical (unpaired) electrons. The molecule has 0 heterocycles. The Kier molecular flexibility index (Phi) is 5.88. The summed E-state index contributed by atoms with van der Waals surface area (Å²) in [6.45, 7) is 8.50. The molecule has 19 heavy (non-hydrogen) atoms. The zero-order valence-electron chi connectivity index (χ0n) is 12.1. The minimum atomic E-state index is -0.500. The highest BCUT2D eigenvalue weighted by molar-refractivity contribution is 8.00. The van der Waals surface area contributed by atoms with Crippen molar-refractivity contribution >= 4 is 17.7 Å². The lowest BCUT2D eigenvalue weighted by atomic mass is 9.87. The third kappa shape index (κ3) is 6.12. The van der Waals surface area contributed by atoms with Gasteiger partial charge in [-0.2, -0.15) is 0 Å². The highest BCUT2D eigenvalue weighted by atomic mass is 32.2. The first kappa shape index (κ1) is 16.1. The van der Waals surface area contributed by atoms with Gasteiger partial charge in [0.15, 0.2) is 0 Å². The van der Waals surface area contributed by atoms with Gasteiger partial charge in [-0.15, -0.1) is 11.8 Å². The molecule has 3 nitrogen and oxygen atoms in total. The lowest BCUT2D eigenvalue weighted by Gasteiger charge is -2.19. The summed E-state index contributed by atoms with van der Waals surface area (Å²) in [5.74, 6) is 0.326. The van der Waals surface area contributed by atoms with Crippen LogP contribution in [0.15, 0.2) is 29.2 Å². The fraction of sp³-hybridized carbons (Fsp3) is 0.533. The van der Waals surface area contributed by atoms with Gasteiger partial charge in [-0.3, -0.25) is 4.79 Å². The number of rotatable bonds is 5. The van der Waals surface area contributed by atoms with Crippen LogP contribution in [0.1, 0.15) is 33.3 Å². The number of aliphatic hydroxyl groups is 1. The van der Waals surface area contributed by atoms with Crippen molar-refractivity contribution in [2.75, 3.05) is 12.3 Å². The Balaban J connectivity index is 2.44. The van der Waals surface area contributed by atoms with Crippen LogP contribution in [0.4, 0.5) is 0 Å². The molecule has 1 aromatic rings. The molecule has 0 aromatic heterocycles. The Bertz CT molecular complexity index is 407. The van der Waals surface area contributed by atoms with E-state index in [0.717, 1.165) is 4.90 Å². The van der Waals surface area contributed by atoms with Gasteiger partial charge in [0.2, 0.25) is 5.91 Å². The largest absolute Gasteiger partial charge is 0.392 e. The minimum absolute atomic E-state index is 0.0502. The highest BCUT2D eigenvalue weighted by Gasteiger charge is 2.13. The molecule has 0 fully saturated rings. The Labute approximate surface area is 119 Å². The van der Waals surface area contributed by atoms with Crippen molar-refractivity contribution in [3.63, 3.8) is 0 Å². The average molecular weight is 281 g/mol. The fourth-order valence-electron chi connectivity index (χ4n) is 1.51. The van der Waals surface area contributed by atoms with Gasteiger partial charge in [0.25, 0.3) is 0 Å². The van der Waals surface area contributed by atoms with E-state index in [9.17, 15) is 4.79 Å². The lowest BCUT2D eigenvalue weighted by Crippen LogP contribution is -2.31. The van der Waals surface area contributed by atoms with E-state index in [-0.39, 0.29) is 11.3 Å². The molecule has 1 unspecified atom stereocenters. The standard InChI is InChI=1S/C15H23NO2S/c1-11(17)9-16-14(18)10-19-13-7-5-12(6-8-13)15(2,3)4/h5-8,11,17H,9-10H2,1-4H3,(H,16,18).